The lowest BCUT2D eigenvalue weighted by atomic mass is 9.85. The van der Waals surface area contributed by atoms with Crippen LogP contribution in [0.25, 0.3) is 0 Å². The Morgan fingerprint density at radius 2 is 2.35 bits per heavy atom. The van der Waals surface area contributed by atoms with Crippen LogP contribution in [0.2, 0.25) is 0 Å². The molecular formula is C14H12N2O3S. The summed E-state index contributed by atoms with van der Waals surface area (Å²) in [5.41, 5.74) is 6.50. The highest BCUT2D eigenvalue weighted by Gasteiger charge is 2.41. The van der Waals surface area contributed by atoms with Crippen molar-refractivity contribution in [3.63, 3.8) is 0 Å². The van der Waals surface area contributed by atoms with Crippen molar-refractivity contribution in [1.29, 1.82) is 5.26 Å². The topological polar surface area (TPSA) is 85.3 Å². The zero-order valence-electron chi connectivity index (χ0n) is 10.8. The van der Waals surface area contributed by atoms with Gasteiger partial charge in [-0.25, -0.2) is 4.79 Å². The number of esters is 1. The molecule has 102 valence electrons. The molecule has 0 spiro atoms. The van der Waals surface area contributed by atoms with Gasteiger partial charge in [-0.2, -0.15) is 5.26 Å². The first-order valence-corrected chi connectivity index (χ1v) is 7.04. The van der Waals surface area contributed by atoms with Crippen molar-refractivity contribution in [3.05, 3.63) is 45.2 Å². The van der Waals surface area contributed by atoms with Crippen LogP contribution in [-0.4, -0.2) is 12.1 Å². The minimum absolute atomic E-state index is 0.0755. The normalized spacial score (nSPS) is 25.7. The van der Waals surface area contributed by atoms with Crippen molar-refractivity contribution in [3.8, 4) is 6.07 Å². The van der Waals surface area contributed by atoms with E-state index < -0.39 is 11.9 Å². The standard InChI is InChI=1S/C14H12N2O3S/c1-7-5-9-12(14(17)18-7)11(10-3-2-4-20-10)8(6-15)13(16)19-9/h2-4,7,11H,5,16H2,1H3. The summed E-state index contributed by atoms with van der Waals surface area (Å²) < 4.78 is 10.7. The third-order valence-electron chi connectivity index (χ3n) is 3.33. The fourth-order valence-electron chi connectivity index (χ4n) is 2.48. The quantitative estimate of drug-likeness (QED) is 0.800. The molecule has 0 saturated heterocycles. The molecule has 3 heterocycles. The summed E-state index contributed by atoms with van der Waals surface area (Å²) >= 11 is 1.47. The number of ether oxygens (including phenoxy) is 2. The third-order valence-corrected chi connectivity index (χ3v) is 4.26. The predicted molar refractivity (Wildman–Crippen MR) is 72.2 cm³/mol. The highest BCUT2D eigenvalue weighted by Crippen LogP contribution is 2.44. The summed E-state index contributed by atoms with van der Waals surface area (Å²) in [5.74, 6) is -0.323. The van der Waals surface area contributed by atoms with E-state index in [1.165, 1.54) is 11.3 Å². The molecule has 0 radical (unpaired) electrons. The second kappa shape index (κ2) is 4.69. The first kappa shape index (κ1) is 12.8. The van der Waals surface area contributed by atoms with E-state index in [0.717, 1.165) is 4.88 Å². The number of thiophene rings is 1. The van der Waals surface area contributed by atoms with Gasteiger partial charge >= 0.3 is 5.97 Å². The number of carbonyl (C=O) groups is 1. The van der Waals surface area contributed by atoms with Crippen LogP contribution in [0.15, 0.2) is 40.3 Å². The first-order chi connectivity index (χ1) is 9.61. The van der Waals surface area contributed by atoms with Crippen LogP contribution in [-0.2, 0) is 14.3 Å². The van der Waals surface area contributed by atoms with Crippen LogP contribution in [0.4, 0.5) is 0 Å². The number of nitriles is 1. The number of allylic oxidation sites excluding steroid dienone is 1. The molecule has 0 bridgehead atoms. The SMILES string of the molecule is CC1CC2=C(C(=O)O1)C(c1cccs1)C(C#N)=C(N)O2. The van der Waals surface area contributed by atoms with Crippen LogP contribution in [0.5, 0.6) is 0 Å². The second-order valence-corrected chi connectivity index (χ2v) is 5.68. The maximum absolute atomic E-state index is 12.2. The summed E-state index contributed by atoms with van der Waals surface area (Å²) in [6.45, 7) is 1.80. The zero-order chi connectivity index (χ0) is 14.3. The summed E-state index contributed by atoms with van der Waals surface area (Å²) in [6.07, 6.45) is 0.226. The molecule has 0 aromatic carbocycles. The zero-order valence-corrected chi connectivity index (χ0v) is 11.6. The van der Waals surface area contributed by atoms with Crippen molar-refractivity contribution in [2.45, 2.75) is 25.4 Å². The van der Waals surface area contributed by atoms with Crippen molar-refractivity contribution in [1.82, 2.24) is 0 Å². The molecule has 5 nitrogen and oxygen atoms in total. The summed E-state index contributed by atoms with van der Waals surface area (Å²) in [6, 6.07) is 5.80. The number of rotatable bonds is 1. The fourth-order valence-corrected chi connectivity index (χ4v) is 3.33. The molecule has 2 N–H and O–H groups in total. The van der Waals surface area contributed by atoms with Gasteiger partial charge in [-0.3, -0.25) is 0 Å². The van der Waals surface area contributed by atoms with Crippen LogP contribution >= 0.6 is 11.3 Å². The minimum Gasteiger partial charge on any atom is -0.459 e. The molecule has 0 fully saturated rings. The summed E-state index contributed by atoms with van der Waals surface area (Å²) in [7, 11) is 0. The summed E-state index contributed by atoms with van der Waals surface area (Å²) in [4.78, 5) is 13.1. The Hall–Kier alpha value is -2.26. The molecule has 0 amide bonds. The van der Waals surface area contributed by atoms with Crippen molar-refractivity contribution in [2.75, 3.05) is 0 Å². The van der Waals surface area contributed by atoms with E-state index in [2.05, 4.69) is 6.07 Å². The Morgan fingerprint density at radius 1 is 1.55 bits per heavy atom. The van der Waals surface area contributed by atoms with Gasteiger partial charge in [0.1, 0.15) is 23.5 Å². The van der Waals surface area contributed by atoms with Gasteiger partial charge in [0, 0.05) is 11.3 Å². The van der Waals surface area contributed by atoms with Gasteiger partial charge in [0.05, 0.1) is 11.5 Å². The lowest BCUT2D eigenvalue weighted by Gasteiger charge is -2.32. The molecule has 20 heavy (non-hydrogen) atoms. The third kappa shape index (κ3) is 1.87. The van der Waals surface area contributed by atoms with Gasteiger partial charge in [0.2, 0.25) is 5.88 Å². The van der Waals surface area contributed by atoms with E-state index in [1.54, 1.807) is 6.92 Å². The number of carbonyl (C=O) groups excluding carboxylic acids is 1. The molecule has 0 aliphatic carbocycles. The van der Waals surface area contributed by atoms with E-state index >= 15 is 0 Å². The van der Waals surface area contributed by atoms with Gasteiger partial charge in [-0.1, -0.05) is 6.07 Å². The van der Waals surface area contributed by atoms with E-state index in [-0.39, 0.29) is 17.6 Å². The smallest absolute Gasteiger partial charge is 0.338 e. The van der Waals surface area contributed by atoms with Crippen LogP contribution < -0.4 is 5.73 Å². The Labute approximate surface area is 119 Å². The van der Waals surface area contributed by atoms with Crippen molar-refractivity contribution < 1.29 is 14.3 Å². The summed E-state index contributed by atoms with van der Waals surface area (Å²) in [5, 5.41) is 11.2. The minimum atomic E-state index is -0.483. The average Bonchev–Trinajstić information content (AvgIpc) is 2.90. The molecule has 6 heteroatoms. The maximum atomic E-state index is 12.2. The van der Waals surface area contributed by atoms with Gasteiger partial charge in [0.15, 0.2) is 0 Å². The largest absolute Gasteiger partial charge is 0.459 e. The number of nitrogens with zero attached hydrogens (tertiary/aromatic N) is 1. The molecule has 3 rings (SSSR count). The lowest BCUT2D eigenvalue weighted by molar-refractivity contribution is -0.146. The van der Waals surface area contributed by atoms with Gasteiger partial charge in [0.25, 0.3) is 0 Å². The van der Waals surface area contributed by atoms with E-state index in [0.29, 0.717) is 17.8 Å². The molecule has 2 aliphatic heterocycles. The predicted octanol–water partition coefficient (Wildman–Crippen LogP) is 2.15. The Bertz CT molecular complexity index is 667. The number of nitrogens with two attached hydrogens (primary N) is 1. The van der Waals surface area contributed by atoms with Crippen molar-refractivity contribution >= 4 is 17.3 Å². The molecule has 1 aromatic heterocycles. The molecule has 0 saturated carbocycles. The highest BCUT2D eigenvalue weighted by atomic mass is 32.1. The number of hydrogen-bond donors (Lipinski definition) is 1. The number of cyclic esters (lactones) is 1. The van der Waals surface area contributed by atoms with E-state index in [9.17, 15) is 10.1 Å². The Morgan fingerprint density at radius 3 is 3.00 bits per heavy atom. The van der Waals surface area contributed by atoms with Crippen molar-refractivity contribution in [2.24, 2.45) is 5.73 Å². The van der Waals surface area contributed by atoms with E-state index in [4.69, 9.17) is 15.2 Å². The average molecular weight is 288 g/mol. The molecule has 1 aromatic rings. The van der Waals surface area contributed by atoms with E-state index in [1.807, 2.05) is 17.5 Å². The van der Waals surface area contributed by atoms with Crippen LogP contribution in [0, 0.1) is 11.3 Å². The highest BCUT2D eigenvalue weighted by molar-refractivity contribution is 7.10. The molecular weight excluding hydrogens is 276 g/mol. The van der Waals surface area contributed by atoms with Gasteiger partial charge < -0.3 is 15.2 Å². The molecule has 2 aliphatic rings. The maximum Gasteiger partial charge on any atom is 0.338 e. The Balaban J connectivity index is 2.16. The van der Waals surface area contributed by atoms with Gasteiger partial charge in [-0.05, 0) is 18.4 Å². The fraction of sp³-hybridized carbons (Fsp3) is 0.286. The van der Waals surface area contributed by atoms with Crippen LogP contribution in [0.3, 0.4) is 0 Å². The monoisotopic (exact) mass is 288 g/mol. The lowest BCUT2D eigenvalue weighted by Crippen LogP contribution is -2.32. The number of hydrogen-bond acceptors (Lipinski definition) is 6. The second-order valence-electron chi connectivity index (χ2n) is 4.70. The first-order valence-electron chi connectivity index (χ1n) is 6.16. The Kier molecular flexibility index (Phi) is 2.99. The van der Waals surface area contributed by atoms with Crippen LogP contribution in [0.1, 0.15) is 24.1 Å². The molecule has 2 unspecified atom stereocenters. The van der Waals surface area contributed by atoms with Gasteiger partial charge in [-0.15, -0.1) is 11.3 Å². The molecule has 2 atom stereocenters.